The van der Waals surface area contributed by atoms with Crippen LogP contribution in [0.3, 0.4) is 0 Å². The predicted octanol–water partition coefficient (Wildman–Crippen LogP) is 2.57. The van der Waals surface area contributed by atoms with Crippen LogP contribution in [0.25, 0.3) is 11.3 Å². The number of anilines is 1. The molecule has 0 aliphatic carbocycles. The number of carbonyl (C=O) groups is 1. The molecule has 7 heteroatoms. The SMILES string of the molecule is COc1ccc(NC(=O)Cn2nc(-c3ccccc3)ccc2=O)cc1OC. The summed E-state index contributed by atoms with van der Waals surface area (Å²) in [6.07, 6.45) is 0. The van der Waals surface area contributed by atoms with Crippen molar-refractivity contribution in [1.29, 1.82) is 0 Å². The summed E-state index contributed by atoms with van der Waals surface area (Å²) in [6, 6.07) is 17.5. The lowest BCUT2D eigenvalue weighted by molar-refractivity contribution is -0.117. The third kappa shape index (κ3) is 4.33. The van der Waals surface area contributed by atoms with Gasteiger partial charge in [-0.3, -0.25) is 9.59 Å². The zero-order chi connectivity index (χ0) is 19.2. The van der Waals surface area contributed by atoms with Crippen molar-refractivity contribution < 1.29 is 14.3 Å². The van der Waals surface area contributed by atoms with E-state index in [1.165, 1.54) is 20.3 Å². The Balaban J connectivity index is 1.77. The molecule has 0 aliphatic rings. The first-order valence-corrected chi connectivity index (χ1v) is 8.26. The van der Waals surface area contributed by atoms with Gasteiger partial charge in [0, 0.05) is 23.4 Å². The number of nitrogens with zero attached hydrogens (tertiary/aromatic N) is 2. The fourth-order valence-electron chi connectivity index (χ4n) is 2.58. The van der Waals surface area contributed by atoms with Crippen molar-refractivity contribution in [3.05, 3.63) is 71.0 Å². The molecule has 0 saturated carbocycles. The normalized spacial score (nSPS) is 10.3. The van der Waals surface area contributed by atoms with Gasteiger partial charge in [-0.05, 0) is 18.2 Å². The summed E-state index contributed by atoms with van der Waals surface area (Å²) < 4.78 is 11.5. The van der Waals surface area contributed by atoms with Gasteiger partial charge in [0.1, 0.15) is 6.54 Å². The van der Waals surface area contributed by atoms with Gasteiger partial charge in [-0.25, -0.2) is 4.68 Å². The van der Waals surface area contributed by atoms with Gasteiger partial charge < -0.3 is 14.8 Å². The number of ether oxygens (including phenoxy) is 2. The molecule has 138 valence electrons. The fraction of sp³-hybridized carbons (Fsp3) is 0.150. The van der Waals surface area contributed by atoms with Crippen LogP contribution < -0.4 is 20.3 Å². The molecule has 1 N–H and O–H groups in total. The molecule has 1 heterocycles. The summed E-state index contributed by atoms with van der Waals surface area (Å²) in [4.78, 5) is 24.4. The standard InChI is InChI=1S/C20H19N3O4/c1-26-17-10-8-15(12-18(17)27-2)21-19(24)13-23-20(25)11-9-16(22-23)14-6-4-3-5-7-14/h3-12H,13H2,1-2H3,(H,21,24). The van der Waals surface area contributed by atoms with Gasteiger partial charge in [0.15, 0.2) is 11.5 Å². The van der Waals surface area contributed by atoms with E-state index in [2.05, 4.69) is 10.4 Å². The highest BCUT2D eigenvalue weighted by Crippen LogP contribution is 2.29. The number of nitrogens with one attached hydrogen (secondary N) is 1. The van der Waals surface area contributed by atoms with Crippen molar-refractivity contribution in [3.63, 3.8) is 0 Å². The van der Waals surface area contributed by atoms with E-state index in [-0.39, 0.29) is 18.0 Å². The average molecular weight is 365 g/mol. The van der Waals surface area contributed by atoms with Crippen molar-refractivity contribution in [2.45, 2.75) is 6.54 Å². The predicted molar refractivity (Wildman–Crippen MR) is 102 cm³/mol. The first kappa shape index (κ1) is 18.2. The molecule has 2 aromatic carbocycles. The Morgan fingerprint density at radius 2 is 1.74 bits per heavy atom. The van der Waals surface area contributed by atoms with Crippen molar-refractivity contribution >= 4 is 11.6 Å². The fourth-order valence-corrected chi connectivity index (χ4v) is 2.58. The highest BCUT2D eigenvalue weighted by molar-refractivity contribution is 5.90. The van der Waals surface area contributed by atoms with Crippen LogP contribution in [0.5, 0.6) is 11.5 Å². The molecule has 1 aromatic heterocycles. The number of hydrogen-bond acceptors (Lipinski definition) is 5. The first-order valence-electron chi connectivity index (χ1n) is 8.26. The molecule has 0 radical (unpaired) electrons. The Hall–Kier alpha value is -3.61. The maximum atomic E-state index is 12.4. The van der Waals surface area contributed by atoms with Crippen LogP contribution in [0.4, 0.5) is 5.69 Å². The molecule has 0 unspecified atom stereocenters. The van der Waals surface area contributed by atoms with Crippen LogP contribution in [0, 0.1) is 0 Å². The van der Waals surface area contributed by atoms with Gasteiger partial charge in [-0.15, -0.1) is 0 Å². The van der Waals surface area contributed by atoms with Crippen molar-refractivity contribution in [2.24, 2.45) is 0 Å². The second-order valence-electron chi connectivity index (χ2n) is 5.70. The van der Waals surface area contributed by atoms with Crippen molar-refractivity contribution in [2.75, 3.05) is 19.5 Å². The molecule has 0 fully saturated rings. The Morgan fingerprint density at radius 3 is 2.44 bits per heavy atom. The summed E-state index contributed by atoms with van der Waals surface area (Å²) in [5.74, 6) is 0.683. The second-order valence-corrected chi connectivity index (χ2v) is 5.70. The number of amides is 1. The Bertz CT molecular complexity index is 1000. The number of rotatable bonds is 6. The molecular formula is C20H19N3O4. The van der Waals surface area contributed by atoms with E-state index >= 15 is 0 Å². The number of methoxy groups -OCH3 is 2. The first-order chi connectivity index (χ1) is 13.1. The minimum atomic E-state index is -0.373. The van der Waals surface area contributed by atoms with E-state index in [4.69, 9.17) is 9.47 Å². The van der Waals surface area contributed by atoms with E-state index < -0.39 is 0 Å². The van der Waals surface area contributed by atoms with Crippen LogP contribution in [0.1, 0.15) is 0 Å². The summed E-state index contributed by atoms with van der Waals surface area (Å²) >= 11 is 0. The van der Waals surface area contributed by atoms with Gasteiger partial charge in [-0.1, -0.05) is 30.3 Å². The number of benzene rings is 2. The molecule has 0 aliphatic heterocycles. The van der Waals surface area contributed by atoms with Crippen LogP contribution in [0.2, 0.25) is 0 Å². The number of carbonyl (C=O) groups excluding carboxylic acids is 1. The zero-order valence-corrected chi connectivity index (χ0v) is 15.0. The molecule has 0 saturated heterocycles. The minimum Gasteiger partial charge on any atom is -0.493 e. The van der Waals surface area contributed by atoms with Crippen LogP contribution in [0.15, 0.2) is 65.5 Å². The van der Waals surface area contributed by atoms with Crippen LogP contribution >= 0.6 is 0 Å². The molecule has 1 amide bonds. The van der Waals surface area contributed by atoms with E-state index in [9.17, 15) is 9.59 Å². The van der Waals surface area contributed by atoms with Gasteiger partial charge in [0.25, 0.3) is 5.56 Å². The molecular weight excluding hydrogens is 346 g/mol. The summed E-state index contributed by atoms with van der Waals surface area (Å²) in [5, 5.41) is 7.01. The van der Waals surface area contributed by atoms with Gasteiger partial charge in [0.05, 0.1) is 19.9 Å². The topological polar surface area (TPSA) is 82.5 Å². The lowest BCUT2D eigenvalue weighted by Crippen LogP contribution is -2.29. The van der Waals surface area contributed by atoms with E-state index in [0.29, 0.717) is 22.9 Å². The molecule has 3 aromatic rings. The lowest BCUT2D eigenvalue weighted by Gasteiger charge is -2.11. The third-order valence-electron chi connectivity index (χ3n) is 3.90. The Morgan fingerprint density at radius 1 is 1.00 bits per heavy atom. The average Bonchev–Trinajstić information content (AvgIpc) is 2.70. The quantitative estimate of drug-likeness (QED) is 0.726. The van der Waals surface area contributed by atoms with Crippen molar-refractivity contribution in [3.8, 4) is 22.8 Å². The summed E-state index contributed by atoms with van der Waals surface area (Å²) in [5.41, 5.74) is 1.67. The highest BCUT2D eigenvalue weighted by Gasteiger charge is 2.10. The lowest BCUT2D eigenvalue weighted by atomic mass is 10.1. The zero-order valence-electron chi connectivity index (χ0n) is 15.0. The van der Waals surface area contributed by atoms with Gasteiger partial charge in [0.2, 0.25) is 5.91 Å². The molecule has 0 bridgehead atoms. The largest absolute Gasteiger partial charge is 0.493 e. The smallest absolute Gasteiger partial charge is 0.267 e. The third-order valence-corrected chi connectivity index (χ3v) is 3.90. The molecule has 27 heavy (non-hydrogen) atoms. The molecule has 0 atom stereocenters. The van der Waals surface area contributed by atoms with Gasteiger partial charge in [-0.2, -0.15) is 5.10 Å². The maximum Gasteiger partial charge on any atom is 0.267 e. The number of aromatic nitrogens is 2. The van der Waals surface area contributed by atoms with Gasteiger partial charge >= 0.3 is 0 Å². The van der Waals surface area contributed by atoms with Crippen LogP contribution in [-0.2, 0) is 11.3 Å². The molecule has 3 rings (SSSR count). The summed E-state index contributed by atoms with van der Waals surface area (Å²) in [7, 11) is 3.05. The maximum absolute atomic E-state index is 12.4. The Kier molecular flexibility index (Phi) is 5.51. The Labute approximate surface area is 156 Å². The molecule has 7 nitrogen and oxygen atoms in total. The summed E-state index contributed by atoms with van der Waals surface area (Å²) in [6.45, 7) is -0.201. The minimum absolute atomic E-state index is 0.201. The second kappa shape index (κ2) is 8.18. The van der Waals surface area contributed by atoms with Crippen molar-refractivity contribution in [1.82, 2.24) is 9.78 Å². The van der Waals surface area contributed by atoms with E-state index in [1.807, 2.05) is 30.3 Å². The monoisotopic (exact) mass is 365 g/mol. The molecule has 0 spiro atoms. The van der Waals surface area contributed by atoms with E-state index in [1.54, 1.807) is 24.3 Å². The van der Waals surface area contributed by atoms with E-state index in [0.717, 1.165) is 10.2 Å². The van der Waals surface area contributed by atoms with Crippen LogP contribution in [-0.4, -0.2) is 29.9 Å². The highest BCUT2D eigenvalue weighted by atomic mass is 16.5. The number of hydrogen-bond donors (Lipinski definition) is 1.